The third-order valence-electron chi connectivity index (χ3n) is 2.40. The van der Waals surface area contributed by atoms with Gasteiger partial charge in [-0.3, -0.25) is 19.6 Å². The van der Waals surface area contributed by atoms with Gasteiger partial charge < -0.3 is 0 Å². The number of carbonyl (C=O) groups is 2. The van der Waals surface area contributed by atoms with Crippen molar-refractivity contribution in [3.8, 4) is 0 Å². The lowest BCUT2D eigenvalue weighted by Gasteiger charge is -1.97. The summed E-state index contributed by atoms with van der Waals surface area (Å²) in [7, 11) is 0. The van der Waals surface area contributed by atoms with Crippen LogP contribution in [0.2, 0.25) is 0 Å². The first-order valence-corrected chi connectivity index (χ1v) is 6.23. The number of hydrazone groups is 2. The Morgan fingerprint density at radius 1 is 0.864 bits per heavy atom. The molecule has 2 rings (SSSR count). The van der Waals surface area contributed by atoms with Gasteiger partial charge in [-0.25, -0.2) is 10.9 Å². The standard InChI is InChI=1S/C14H12N6O2/c21-13(11-3-1-5-15-9-11)19-17-7-8-18-20-14(22)12-4-2-6-16-10-12/h1-10H,(H,19,21)(H,20,22). The van der Waals surface area contributed by atoms with Crippen LogP contribution < -0.4 is 10.9 Å². The molecule has 2 heterocycles. The molecule has 2 amide bonds. The summed E-state index contributed by atoms with van der Waals surface area (Å²) in [5, 5.41) is 7.30. The molecule has 0 aromatic carbocycles. The largest absolute Gasteiger partial charge is 0.272 e. The van der Waals surface area contributed by atoms with Crippen molar-refractivity contribution in [1.29, 1.82) is 0 Å². The van der Waals surface area contributed by atoms with E-state index in [9.17, 15) is 9.59 Å². The van der Waals surface area contributed by atoms with Crippen LogP contribution in [0.5, 0.6) is 0 Å². The number of nitrogens with one attached hydrogen (secondary N) is 2. The maximum absolute atomic E-state index is 11.6. The zero-order valence-electron chi connectivity index (χ0n) is 11.4. The van der Waals surface area contributed by atoms with Crippen molar-refractivity contribution in [2.24, 2.45) is 10.2 Å². The van der Waals surface area contributed by atoms with Crippen molar-refractivity contribution in [3.05, 3.63) is 60.2 Å². The summed E-state index contributed by atoms with van der Waals surface area (Å²) in [5.74, 6) is -0.783. The van der Waals surface area contributed by atoms with Crippen LogP contribution in [-0.2, 0) is 0 Å². The molecule has 0 bridgehead atoms. The zero-order chi connectivity index (χ0) is 15.6. The monoisotopic (exact) mass is 296 g/mol. The van der Waals surface area contributed by atoms with Crippen molar-refractivity contribution in [2.45, 2.75) is 0 Å². The second-order valence-corrected chi connectivity index (χ2v) is 3.92. The number of amides is 2. The highest BCUT2D eigenvalue weighted by molar-refractivity contribution is 6.16. The highest BCUT2D eigenvalue weighted by Gasteiger charge is 2.02. The van der Waals surface area contributed by atoms with E-state index in [0.717, 1.165) is 0 Å². The molecule has 0 atom stereocenters. The summed E-state index contributed by atoms with van der Waals surface area (Å²) in [5.41, 5.74) is 5.37. The Morgan fingerprint density at radius 2 is 1.32 bits per heavy atom. The molecule has 0 unspecified atom stereocenters. The minimum absolute atomic E-state index is 0.390. The molecule has 110 valence electrons. The van der Waals surface area contributed by atoms with Gasteiger partial charge in [0.2, 0.25) is 0 Å². The fourth-order valence-corrected chi connectivity index (χ4v) is 1.38. The van der Waals surface area contributed by atoms with Crippen LogP contribution in [0.4, 0.5) is 0 Å². The minimum atomic E-state index is -0.392. The Kier molecular flexibility index (Phi) is 5.45. The summed E-state index contributed by atoms with van der Waals surface area (Å²) < 4.78 is 0. The lowest BCUT2D eigenvalue weighted by Crippen LogP contribution is -2.19. The summed E-state index contributed by atoms with van der Waals surface area (Å²) in [6, 6.07) is 6.52. The molecule has 2 aromatic heterocycles. The molecule has 2 aromatic rings. The molecule has 0 radical (unpaired) electrons. The lowest BCUT2D eigenvalue weighted by molar-refractivity contribution is 0.0946. The third-order valence-corrected chi connectivity index (χ3v) is 2.40. The molecule has 8 heteroatoms. The highest BCUT2D eigenvalue weighted by Crippen LogP contribution is 1.95. The van der Waals surface area contributed by atoms with Crippen LogP contribution in [-0.4, -0.2) is 34.2 Å². The van der Waals surface area contributed by atoms with Crippen LogP contribution in [0.25, 0.3) is 0 Å². The van der Waals surface area contributed by atoms with Crippen molar-refractivity contribution < 1.29 is 9.59 Å². The molecular weight excluding hydrogens is 284 g/mol. The van der Waals surface area contributed by atoms with Crippen molar-refractivity contribution >= 4 is 24.2 Å². The van der Waals surface area contributed by atoms with Gasteiger partial charge in [0.05, 0.1) is 23.6 Å². The Hall–Kier alpha value is -3.42. The second-order valence-electron chi connectivity index (χ2n) is 3.92. The zero-order valence-corrected chi connectivity index (χ0v) is 11.4. The SMILES string of the molecule is O=C(NN=CC=NNC(=O)c1cccnc1)c1cccnc1. The quantitative estimate of drug-likeness (QED) is 0.622. The van der Waals surface area contributed by atoms with E-state index in [1.54, 1.807) is 36.7 Å². The first-order chi connectivity index (χ1) is 10.8. The number of aromatic nitrogens is 2. The summed E-state index contributed by atoms with van der Waals surface area (Å²) in [6.07, 6.45) is 8.45. The molecular formula is C14H12N6O2. The van der Waals surface area contributed by atoms with Crippen LogP contribution in [0.1, 0.15) is 20.7 Å². The number of pyridine rings is 2. The summed E-state index contributed by atoms with van der Waals surface area (Å²) in [6.45, 7) is 0. The lowest BCUT2D eigenvalue weighted by atomic mass is 10.3. The van der Waals surface area contributed by atoms with Gasteiger partial charge in [-0.05, 0) is 24.3 Å². The van der Waals surface area contributed by atoms with E-state index in [-0.39, 0.29) is 0 Å². The Morgan fingerprint density at radius 3 is 1.68 bits per heavy atom. The van der Waals surface area contributed by atoms with Gasteiger partial charge in [0.1, 0.15) is 0 Å². The van der Waals surface area contributed by atoms with Gasteiger partial charge >= 0.3 is 0 Å². The Bertz CT molecular complexity index is 623. The number of hydrogen-bond donors (Lipinski definition) is 2. The normalized spacial score (nSPS) is 10.7. The average Bonchev–Trinajstić information content (AvgIpc) is 2.59. The molecule has 8 nitrogen and oxygen atoms in total. The number of hydrogen-bond acceptors (Lipinski definition) is 6. The Labute approximate surface area is 126 Å². The fraction of sp³-hybridized carbons (Fsp3) is 0. The van der Waals surface area contributed by atoms with Gasteiger partial charge in [-0.2, -0.15) is 10.2 Å². The molecule has 0 aliphatic rings. The minimum Gasteiger partial charge on any atom is -0.267 e. The van der Waals surface area contributed by atoms with Crippen molar-refractivity contribution in [2.75, 3.05) is 0 Å². The van der Waals surface area contributed by atoms with Gasteiger partial charge in [0.15, 0.2) is 0 Å². The van der Waals surface area contributed by atoms with Crippen molar-refractivity contribution in [1.82, 2.24) is 20.8 Å². The van der Waals surface area contributed by atoms with Gasteiger partial charge in [-0.1, -0.05) is 0 Å². The van der Waals surface area contributed by atoms with Gasteiger partial charge in [-0.15, -0.1) is 0 Å². The summed E-state index contributed by atoms with van der Waals surface area (Å²) in [4.78, 5) is 30.8. The van der Waals surface area contributed by atoms with E-state index >= 15 is 0 Å². The molecule has 0 aliphatic heterocycles. The smallest absolute Gasteiger partial charge is 0.267 e. The van der Waals surface area contributed by atoms with E-state index < -0.39 is 11.8 Å². The molecule has 0 saturated carbocycles. The van der Waals surface area contributed by atoms with Gasteiger partial charge in [0, 0.05) is 24.8 Å². The maximum atomic E-state index is 11.6. The van der Waals surface area contributed by atoms with Crippen LogP contribution >= 0.6 is 0 Å². The predicted octanol–water partition coefficient (Wildman–Crippen LogP) is 0.608. The number of carbonyl (C=O) groups excluding carboxylic acids is 2. The van der Waals surface area contributed by atoms with E-state index in [4.69, 9.17) is 0 Å². The molecule has 0 fully saturated rings. The predicted molar refractivity (Wildman–Crippen MR) is 80.4 cm³/mol. The Balaban J connectivity index is 1.76. The van der Waals surface area contributed by atoms with Crippen LogP contribution in [0, 0.1) is 0 Å². The van der Waals surface area contributed by atoms with E-state index in [2.05, 4.69) is 31.0 Å². The number of rotatable bonds is 5. The van der Waals surface area contributed by atoms with E-state index in [1.807, 2.05) is 0 Å². The molecule has 2 N–H and O–H groups in total. The highest BCUT2D eigenvalue weighted by atomic mass is 16.2. The summed E-state index contributed by atoms with van der Waals surface area (Å²) >= 11 is 0. The van der Waals surface area contributed by atoms with E-state index in [1.165, 1.54) is 24.8 Å². The topological polar surface area (TPSA) is 109 Å². The van der Waals surface area contributed by atoms with Crippen LogP contribution in [0.15, 0.2) is 59.3 Å². The first kappa shape index (κ1) is 15.0. The van der Waals surface area contributed by atoms with Gasteiger partial charge in [0.25, 0.3) is 11.8 Å². The average molecular weight is 296 g/mol. The molecule has 0 saturated heterocycles. The molecule has 0 aliphatic carbocycles. The fourth-order valence-electron chi connectivity index (χ4n) is 1.38. The third kappa shape index (κ3) is 4.60. The first-order valence-electron chi connectivity index (χ1n) is 6.23. The van der Waals surface area contributed by atoms with Crippen molar-refractivity contribution in [3.63, 3.8) is 0 Å². The number of nitrogens with zero attached hydrogens (tertiary/aromatic N) is 4. The van der Waals surface area contributed by atoms with Crippen LogP contribution in [0.3, 0.4) is 0 Å². The maximum Gasteiger partial charge on any atom is 0.272 e. The van der Waals surface area contributed by atoms with E-state index in [0.29, 0.717) is 11.1 Å². The molecule has 0 spiro atoms. The molecule has 22 heavy (non-hydrogen) atoms. The second kappa shape index (κ2) is 8.00.